The van der Waals surface area contributed by atoms with E-state index in [2.05, 4.69) is 0 Å². The summed E-state index contributed by atoms with van der Waals surface area (Å²) in [6.07, 6.45) is 1.70. The van der Waals surface area contributed by atoms with E-state index in [1.54, 1.807) is 0 Å². The van der Waals surface area contributed by atoms with Gasteiger partial charge in [0.2, 0.25) is 0 Å². The summed E-state index contributed by atoms with van der Waals surface area (Å²) in [7, 11) is 0. The van der Waals surface area contributed by atoms with Crippen LogP contribution in [0.1, 0.15) is 31.1 Å². The molecule has 3 nitrogen and oxygen atoms in total. The van der Waals surface area contributed by atoms with Crippen molar-refractivity contribution < 1.29 is 43.9 Å². The monoisotopic (exact) mass is 172 g/mol. The summed E-state index contributed by atoms with van der Waals surface area (Å²) in [5, 5.41) is 0. The minimum absolute atomic E-state index is 0. The third-order valence-electron chi connectivity index (χ3n) is 1.37. The Balaban J connectivity index is 0.00000121. The van der Waals surface area contributed by atoms with Crippen molar-refractivity contribution in [2.45, 2.75) is 0 Å². The molecule has 0 unspecified atom stereocenters. The van der Waals surface area contributed by atoms with Crippen molar-refractivity contribution in [2.24, 2.45) is 0 Å². The van der Waals surface area contributed by atoms with E-state index in [1.165, 1.54) is 12.1 Å². The topological polar surface area (TPSA) is 51.2 Å². The van der Waals surface area contributed by atoms with Gasteiger partial charge in [0.25, 0.3) is 0 Å². The average Bonchev–Trinajstić information content (AvgIpc) is 2.46. The van der Waals surface area contributed by atoms with Crippen molar-refractivity contribution >= 4 is 18.9 Å². The van der Waals surface area contributed by atoms with Crippen LogP contribution in [-0.4, -0.2) is 18.9 Å². The molecule has 1 aromatic carbocycles. The molecule has 1 aromatic rings. The third kappa shape index (κ3) is 2.17. The fourth-order valence-corrected chi connectivity index (χ4v) is 0.840. The van der Waals surface area contributed by atoms with E-state index in [1.807, 2.05) is 0 Å². The van der Waals surface area contributed by atoms with Gasteiger partial charge in [0.1, 0.15) is 6.29 Å². The number of carbonyl (C=O) groups excluding carboxylic acids is 3. The third-order valence-corrected chi connectivity index (χ3v) is 1.37. The summed E-state index contributed by atoms with van der Waals surface area (Å²) in [4.78, 5) is 30.7. The Morgan fingerprint density at radius 1 is 1.08 bits per heavy atom. The summed E-state index contributed by atoms with van der Waals surface area (Å²) in [5.74, 6) is 0. The summed E-state index contributed by atoms with van der Waals surface area (Å²) in [6.45, 7) is 0. The van der Waals surface area contributed by atoms with Crippen molar-refractivity contribution in [3.8, 4) is 0 Å². The van der Waals surface area contributed by atoms with E-state index >= 15 is 0 Å². The predicted octanol–water partition coefficient (Wildman–Crippen LogP) is -2.15. The van der Waals surface area contributed by atoms with E-state index in [0.717, 1.165) is 0 Å². The second-order valence-electron chi connectivity index (χ2n) is 2.05. The fraction of sp³-hybridized carbons (Fsp3) is 0. The van der Waals surface area contributed by atoms with Crippen LogP contribution in [0.5, 0.6) is 0 Å². The summed E-state index contributed by atoms with van der Waals surface area (Å²) < 4.78 is 0. The average molecular weight is 172 g/mol. The van der Waals surface area contributed by atoms with Gasteiger partial charge in [0.15, 0.2) is 0 Å². The molecule has 1 rings (SSSR count). The number of carbonyl (C=O) groups is 3. The molecule has 0 saturated carbocycles. The van der Waals surface area contributed by atoms with Crippen LogP contribution >= 0.6 is 0 Å². The van der Waals surface area contributed by atoms with Crippen molar-refractivity contribution in [3.63, 3.8) is 0 Å². The van der Waals surface area contributed by atoms with Crippen LogP contribution in [0.3, 0.4) is 0 Å². The molecule has 0 amide bonds. The first-order chi connectivity index (χ1) is 5.31. The van der Waals surface area contributed by atoms with Crippen LogP contribution in [0.15, 0.2) is 12.1 Å². The van der Waals surface area contributed by atoms with Crippen LogP contribution in [0.4, 0.5) is 0 Å². The van der Waals surface area contributed by atoms with Gasteiger partial charge in [0.05, 0.1) is 12.6 Å². The van der Waals surface area contributed by atoms with E-state index in [4.69, 9.17) is 0 Å². The van der Waals surface area contributed by atoms with Gasteiger partial charge in [0, 0.05) is 0 Å². The summed E-state index contributed by atoms with van der Waals surface area (Å²) in [6, 6.07) is 2.76. The van der Waals surface area contributed by atoms with Crippen LogP contribution < -0.4 is 29.6 Å². The smallest absolute Gasteiger partial charge is 0.344 e. The van der Waals surface area contributed by atoms with E-state index in [9.17, 15) is 14.4 Å². The Hall–Kier alpha value is -0.640. The standard InChI is InChI=1S/C8H5O3.Na/c9-3-6-1-7(4-10)8(2-6)5-11;/h1-5H;/q-1;+1. The Labute approximate surface area is 91.4 Å². The van der Waals surface area contributed by atoms with Gasteiger partial charge in [-0.15, -0.1) is 12.1 Å². The molecular formula is C8H5NaO3. The van der Waals surface area contributed by atoms with Gasteiger partial charge in [-0.2, -0.15) is 0 Å². The van der Waals surface area contributed by atoms with Gasteiger partial charge >= 0.3 is 29.6 Å². The molecule has 0 aliphatic rings. The second kappa shape index (κ2) is 5.09. The van der Waals surface area contributed by atoms with Gasteiger partial charge in [-0.05, 0) is 0 Å². The zero-order valence-corrected chi connectivity index (χ0v) is 8.61. The molecule has 0 N–H and O–H groups in total. The number of rotatable bonds is 3. The molecule has 0 aliphatic carbocycles. The fourth-order valence-electron chi connectivity index (χ4n) is 0.840. The molecule has 56 valence electrons. The zero-order chi connectivity index (χ0) is 8.27. The van der Waals surface area contributed by atoms with Gasteiger partial charge in [-0.3, -0.25) is 0 Å². The summed E-state index contributed by atoms with van der Waals surface area (Å²) in [5.41, 5.74) is 0.887. The number of hydrogen-bond donors (Lipinski definition) is 0. The Morgan fingerprint density at radius 2 is 1.75 bits per heavy atom. The van der Waals surface area contributed by atoms with Gasteiger partial charge in [-0.1, -0.05) is 16.7 Å². The quantitative estimate of drug-likeness (QED) is 0.296. The maximum Gasteiger partial charge on any atom is 1.00 e. The zero-order valence-electron chi connectivity index (χ0n) is 6.61. The molecular weight excluding hydrogens is 167 g/mol. The second-order valence-corrected chi connectivity index (χ2v) is 2.05. The molecule has 0 aromatic heterocycles. The van der Waals surface area contributed by atoms with E-state index in [-0.39, 0.29) is 40.7 Å². The van der Waals surface area contributed by atoms with Crippen molar-refractivity contribution in [1.82, 2.24) is 0 Å². The van der Waals surface area contributed by atoms with Crippen molar-refractivity contribution in [1.29, 1.82) is 0 Å². The molecule has 4 heteroatoms. The Morgan fingerprint density at radius 3 is 2.08 bits per heavy atom. The molecule has 0 heterocycles. The van der Waals surface area contributed by atoms with Crippen molar-refractivity contribution in [2.75, 3.05) is 0 Å². The van der Waals surface area contributed by atoms with Crippen molar-refractivity contribution in [3.05, 3.63) is 28.8 Å². The largest absolute Gasteiger partial charge is 1.00 e. The van der Waals surface area contributed by atoms with Crippen LogP contribution in [0.25, 0.3) is 0 Å². The van der Waals surface area contributed by atoms with Gasteiger partial charge in [-0.25, -0.2) is 0 Å². The maximum atomic E-state index is 10.2. The van der Waals surface area contributed by atoms with Crippen LogP contribution in [0, 0.1) is 0 Å². The molecule has 0 bridgehead atoms. The minimum atomic E-state index is 0. The van der Waals surface area contributed by atoms with Crippen LogP contribution in [-0.2, 0) is 0 Å². The SMILES string of the molecule is O=Cc1cc(C=O)c(C=O)[cH-]1.[Na+]. The Bertz CT molecular complexity index is 276. The minimum Gasteiger partial charge on any atom is -0.344 e. The first-order valence-electron chi connectivity index (χ1n) is 2.98. The normalized spacial score (nSPS) is 8.33. The van der Waals surface area contributed by atoms with Gasteiger partial charge < -0.3 is 14.4 Å². The Kier molecular flexibility index (Phi) is 4.81. The number of aldehydes is 3. The molecule has 0 saturated heterocycles. The van der Waals surface area contributed by atoms with E-state index in [0.29, 0.717) is 24.4 Å². The molecule has 0 radical (unpaired) electrons. The first-order valence-corrected chi connectivity index (χ1v) is 2.98. The van der Waals surface area contributed by atoms with E-state index < -0.39 is 0 Å². The number of hydrogen-bond acceptors (Lipinski definition) is 3. The summed E-state index contributed by atoms with van der Waals surface area (Å²) >= 11 is 0. The molecule has 0 aliphatic heterocycles. The van der Waals surface area contributed by atoms with Crippen LogP contribution in [0.2, 0.25) is 0 Å². The molecule has 0 atom stereocenters. The maximum absolute atomic E-state index is 10.2. The molecule has 12 heavy (non-hydrogen) atoms. The first kappa shape index (κ1) is 11.4. The molecule has 0 spiro atoms. The predicted molar refractivity (Wildman–Crippen MR) is 38.2 cm³/mol. The molecule has 0 fully saturated rings.